The van der Waals surface area contributed by atoms with Gasteiger partial charge in [0.25, 0.3) is 0 Å². The van der Waals surface area contributed by atoms with Gasteiger partial charge in [-0.2, -0.15) is 0 Å². The first-order chi connectivity index (χ1) is 17.3. The molecular weight excluding hydrogens is 484 g/mol. The average Bonchev–Trinajstić information content (AvgIpc) is 2.83. The summed E-state index contributed by atoms with van der Waals surface area (Å²) < 4.78 is 11.0. The zero-order valence-electron chi connectivity index (χ0n) is 22.2. The number of urea groups is 1. The van der Waals surface area contributed by atoms with Crippen molar-refractivity contribution >= 4 is 29.5 Å². The summed E-state index contributed by atoms with van der Waals surface area (Å²) in [6, 6.07) is 0.331. The lowest BCUT2D eigenvalue weighted by molar-refractivity contribution is -0.156. The van der Waals surface area contributed by atoms with Gasteiger partial charge in [0.1, 0.15) is 23.1 Å². The minimum atomic E-state index is -1.29. The molecule has 1 aromatic rings. The van der Waals surface area contributed by atoms with Crippen molar-refractivity contribution in [2.45, 2.75) is 78.0 Å². The third-order valence-corrected chi connectivity index (χ3v) is 5.14. The van der Waals surface area contributed by atoms with Gasteiger partial charge in [0.2, 0.25) is 11.8 Å². The van der Waals surface area contributed by atoms with Crippen LogP contribution in [-0.2, 0) is 25.5 Å². The Balaban J connectivity index is 3.06. The standard InChI is InChI=1S/C24H38N6O7/c1-7-15-11-16(17(30-35)12-19(15)36-10-8-9-20(31)26-6)14(2)27-22(33)18(28-23(34)29-25)13-21(32)37-24(3,4)5/h11-12,14,18H,7-10,13,25H2,1-6H3,(H,26,31)(H,27,33)(H2,28,29,34)/t14?,18-/m0/s1. The second kappa shape index (κ2) is 14.7. The van der Waals surface area contributed by atoms with Crippen LogP contribution in [0.25, 0.3) is 0 Å². The quantitative estimate of drug-likeness (QED) is 0.0649. The SMILES string of the molecule is CCc1cc(C(C)NC(=O)[C@H](CC(=O)OC(C)(C)C)NC(=O)NN)c(N=O)cc1OCCCC(=O)NC. The van der Waals surface area contributed by atoms with Crippen LogP contribution in [0.4, 0.5) is 10.5 Å². The average molecular weight is 523 g/mol. The summed E-state index contributed by atoms with van der Waals surface area (Å²) in [7, 11) is 1.56. The number of nitrogens with zero attached hydrogens (tertiary/aromatic N) is 1. The first-order valence-corrected chi connectivity index (χ1v) is 12.0. The molecule has 0 spiro atoms. The van der Waals surface area contributed by atoms with Gasteiger partial charge in [0, 0.05) is 25.1 Å². The Kier molecular flexibility index (Phi) is 12.5. The molecule has 0 bridgehead atoms. The molecule has 1 aromatic carbocycles. The fourth-order valence-corrected chi connectivity index (χ4v) is 3.36. The first kappa shape index (κ1) is 31.3. The zero-order valence-corrected chi connectivity index (χ0v) is 22.2. The number of carbonyl (C=O) groups is 4. The van der Waals surface area contributed by atoms with Gasteiger partial charge in [-0.1, -0.05) is 6.92 Å². The second-order valence-electron chi connectivity index (χ2n) is 9.28. The molecule has 0 heterocycles. The topological polar surface area (TPSA) is 190 Å². The number of hydrogen-bond donors (Lipinski definition) is 5. The van der Waals surface area contributed by atoms with Gasteiger partial charge in [0.15, 0.2) is 0 Å². The molecule has 0 aromatic heterocycles. The first-order valence-electron chi connectivity index (χ1n) is 12.0. The largest absolute Gasteiger partial charge is 0.493 e. The van der Waals surface area contributed by atoms with E-state index in [0.717, 1.165) is 5.56 Å². The van der Waals surface area contributed by atoms with Gasteiger partial charge in [-0.15, -0.1) is 4.91 Å². The molecule has 206 valence electrons. The lowest BCUT2D eigenvalue weighted by Crippen LogP contribution is -2.52. The molecule has 6 N–H and O–H groups in total. The molecule has 0 saturated heterocycles. The van der Waals surface area contributed by atoms with E-state index in [1.807, 2.05) is 12.3 Å². The fourth-order valence-electron chi connectivity index (χ4n) is 3.36. The van der Waals surface area contributed by atoms with Crippen molar-refractivity contribution in [2.75, 3.05) is 13.7 Å². The number of aryl methyl sites for hydroxylation is 1. The number of hydrogen-bond acceptors (Lipinski definition) is 9. The molecule has 0 aliphatic heterocycles. The Morgan fingerprint density at radius 2 is 1.81 bits per heavy atom. The fraction of sp³-hybridized carbons (Fsp3) is 0.583. The highest BCUT2D eigenvalue weighted by Gasteiger charge is 2.28. The third kappa shape index (κ3) is 10.8. The molecule has 0 aliphatic rings. The highest BCUT2D eigenvalue weighted by Crippen LogP contribution is 2.34. The number of rotatable bonds is 13. The maximum Gasteiger partial charge on any atom is 0.329 e. The Hall–Kier alpha value is -3.74. The van der Waals surface area contributed by atoms with E-state index in [1.54, 1.807) is 40.8 Å². The van der Waals surface area contributed by atoms with E-state index < -0.39 is 42.0 Å². The Labute approximate surface area is 216 Å². The molecule has 1 rings (SSSR count). The normalized spacial score (nSPS) is 12.5. The number of benzene rings is 1. The maximum atomic E-state index is 13.0. The smallest absolute Gasteiger partial charge is 0.329 e. The number of hydrazine groups is 1. The number of esters is 1. The molecule has 0 saturated carbocycles. The van der Waals surface area contributed by atoms with Crippen molar-refractivity contribution in [3.05, 3.63) is 28.2 Å². The van der Waals surface area contributed by atoms with Crippen molar-refractivity contribution in [1.29, 1.82) is 0 Å². The van der Waals surface area contributed by atoms with Gasteiger partial charge in [-0.25, -0.2) is 10.6 Å². The van der Waals surface area contributed by atoms with Gasteiger partial charge in [-0.05, 0) is 57.3 Å². The Morgan fingerprint density at radius 3 is 2.35 bits per heavy atom. The summed E-state index contributed by atoms with van der Waals surface area (Å²) in [6.45, 7) is 8.84. The minimum Gasteiger partial charge on any atom is -0.493 e. The summed E-state index contributed by atoms with van der Waals surface area (Å²) >= 11 is 0. The van der Waals surface area contributed by atoms with E-state index in [-0.39, 0.29) is 18.2 Å². The summed E-state index contributed by atoms with van der Waals surface area (Å²) in [5.41, 5.74) is 2.33. The van der Waals surface area contributed by atoms with Crippen LogP contribution in [0.1, 0.15) is 71.0 Å². The van der Waals surface area contributed by atoms with E-state index in [1.165, 1.54) is 6.07 Å². The molecule has 2 atom stereocenters. The zero-order chi connectivity index (χ0) is 28.2. The van der Waals surface area contributed by atoms with E-state index in [2.05, 4.69) is 21.1 Å². The van der Waals surface area contributed by atoms with Gasteiger partial charge >= 0.3 is 12.0 Å². The molecule has 13 nitrogen and oxygen atoms in total. The number of carbonyl (C=O) groups excluding carboxylic acids is 4. The predicted octanol–water partition coefficient (Wildman–Crippen LogP) is 2.00. The number of nitroso groups, excluding NO2 is 1. The highest BCUT2D eigenvalue weighted by molar-refractivity contribution is 5.90. The molecule has 0 radical (unpaired) electrons. The van der Waals surface area contributed by atoms with E-state index in [0.29, 0.717) is 30.6 Å². The van der Waals surface area contributed by atoms with Crippen molar-refractivity contribution in [1.82, 2.24) is 21.4 Å². The van der Waals surface area contributed by atoms with Crippen LogP contribution in [-0.4, -0.2) is 49.1 Å². The highest BCUT2D eigenvalue weighted by atomic mass is 16.6. The van der Waals surface area contributed by atoms with Crippen molar-refractivity contribution in [2.24, 2.45) is 11.0 Å². The molecule has 13 heteroatoms. The van der Waals surface area contributed by atoms with Crippen LogP contribution in [0.15, 0.2) is 17.3 Å². The Bertz CT molecular complexity index is 977. The molecule has 0 aliphatic carbocycles. The van der Waals surface area contributed by atoms with Crippen LogP contribution in [0, 0.1) is 4.91 Å². The Morgan fingerprint density at radius 1 is 1.14 bits per heavy atom. The van der Waals surface area contributed by atoms with Crippen LogP contribution in [0.5, 0.6) is 5.75 Å². The lowest BCUT2D eigenvalue weighted by atomic mass is 10.00. The van der Waals surface area contributed by atoms with Crippen LogP contribution < -0.4 is 32.0 Å². The molecular formula is C24H38N6O7. The van der Waals surface area contributed by atoms with Crippen LogP contribution in [0.2, 0.25) is 0 Å². The molecule has 0 fully saturated rings. The maximum absolute atomic E-state index is 13.0. The number of ether oxygens (including phenoxy) is 2. The van der Waals surface area contributed by atoms with E-state index >= 15 is 0 Å². The molecule has 1 unspecified atom stereocenters. The monoisotopic (exact) mass is 522 g/mol. The van der Waals surface area contributed by atoms with Crippen LogP contribution in [0.3, 0.4) is 0 Å². The second-order valence-corrected chi connectivity index (χ2v) is 9.28. The van der Waals surface area contributed by atoms with Crippen molar-refractivity contribution < 1.29 is 28.7 Å². The summed E-state index contributed by atoms with van der Waals surface area (Å²) in [5, 5.41) is 10.6. The van der Waals surface area contributed by atoms with E-state index in [4.69, 9.17) is 15.3 Å². The lowest BCUT2D eigenvalue weighted by Gasteiger charge is -2.24. The number of nitrogens with two attached hydrogens (primary N) is 1. The summed E-state index contributed by atoms with van der Waals surface area (Å²) in [4.78, 5) is 60.0. The minimum absolute atomic E-state index is 0.0580. The third-order valence-electron chi connectivity index (χ3n) is 5.14. The van der Waals surface area contributed by atoms with Gasteiger partial charge < -0.3 is 25.4 Å². The number of nitrogens with one attached hydrogen (secondary N) is 4. The van der Waals surface area contributed by atoms with Gasteiger partial charge in [0.05, 0.1) is 19.1 Å². The van der Waals surface area contributed by atoms with Gasteiger partial charge in [-0.3, -0.25) is 19.8 Å². The van der Waals surface area contributed by atoms with E-state index in [9.17, 15) is 24.1 Å². The summed E-state index contributed by atoms with van der Waals surface area (Å²) in [5.74, 6) is 4.08. The predicted molar refractivity (Wildman–Crippen MR) is 137 cm³/mol. The number of amides is 4. The van der Waals surface area contributed by atoms with Crippen molar-refractivity contribution in [3.63, 3.8) is 0 Å². The summed E-state index contributed by atoms with van der Waals surface area (Å²) in [6.07, 6.45) is 0.921. The molecule has 4 amide bonds. The van der Waals surface area contributed by atoms with Crippen molar-refractivity contribution in [3.8, 4) is 5.75 Å². The molecule has 37 heavy (non-hydrogen) atoms. The van der Waals surface area contributed by atoms with Crippen LogP contribution >= 0.6 is 0 Å².